The third-order valence-corrected chi connectivity index (χ3v) is 5.00. The Morgan fingerprint density at radius 2 is 1.72 bits per heavy atom. The van der Waals surface area contributed by atoms with E-state index in [2.05, 4.69) is 5.32 Å². The molecule has 0 aliphatic carbocycles. The van der Waals surface area contributed by atoms with Gasteiger partial charge in [0, 0.05) is 29.7 Å². The molecule has 1 aliphatic heterocycles. The summed E-state index contributed by atoms with van der Waals surface area (Å²) in [4.78, 5) is 26.5. The summed E-state index contributed by atoms with van der Waals surface area (Å²) >= 11 is 5.94. The number of carbonyl (C=O) groups is 2. The maximum absolute atomic E-state index is 12.4. The van der Waals surface area contributed by atoms with Gasteiger partial charge in [-0.1, -0.05) is 17.7 Å². The first-order valence-corrected chi connectivity index (χ1v) is 10.1. The standard InChI is InChI=1S/C22H25ClN2O4/c1-2-28-19-6-8-20(9-7-19)29-15-21(26)25-12-10-18(11-13-25)24-22(27)16-4-3-5-17(23)14-16/h3-9,14,18H,2,10-13,15H2,1H3,(H,24,27). The van der Waals surface area contributed by atoms with Crippen LogP contribution in [0.2, 0.25) is 5.02 Å². The van der Waals surface area contributed by atoms with Gasteiger partial charge in [-0.05, 0) is 62.2 Å². The van der Waals surface area contributed by atoms with E-state index in [9.17, 15) is 9.59 Å². The molecule has 29 heavy (non-hydrogen) atoms. The van der Waals surface area contributed by atoms with Gasteiger partial charge in [-0.25, -0.2) is 0 Å². The largest absolute Gasteiger partial charge is 0.494 e. The molecule has 0 radical (unpaired) electrons. The van der Waals surface area contributed by atoms with Crippen molar-refractivity contribution in [3.05, 3.63) is 59.1 Å². The maximum atomic E-state index is 12.4. The van der Waals surface area contributed by atoms with E-state index < -0.39 is 0 Å². The summed E-state index contributed by atoms with van der Waals surface area (Å²) in [6, 6.07) is 14.1. The van der Waals surface area contributed by atoms with Crippen molar-refractivity contribution in [1.82, 2.24) is 10.2 Å². The van der Waals surface area contributed by atoms with E-state index in [-0.39, 0.29) is 24.5 Å². The third kappa shape index (κ3) is 6.12. The third-order valence-electron chi connectivity index (χ3n) is 4.77. The molecule has 0 atom stereocenters. The summed E-state index contributed by atoms with van der Waals surface area (Å²) in [6.45, 7) is 3.70. The second-order valence-electron chi connectivity index (χ2n) is 6.83. The molecule has 1 fully saturated rings. The van der Waals surface area contributed by atoms with Gasteiger partial charge in [0.2, 0.25) is 0 Å². The molecular weight excluding hydrogens is 392 g/mol. The lowest BCUT2D eigenvalue weighted by molar-refractivity contribution is -0.134. The van der Waals surface area contributed by atoms with Gasteiger partial charge in [0.1, 0.15) is 11.5 Å². The van der Waals surface area contributed by atoms with Gasteiger partial charge in [-0.3, -0.25) is 9.59 Å². The van der Waals surface area contributed by atoms with Crippen LogP contribution in [0.1, 0.15) is 30.1 Å². The first-order valence-electron chi connectivity index (χ1n) is 9.75. The molecule has 0 aromatic heterocycles. The minimum Gasteiger partial charge on any atom is -0.494 e. The zero-order chi connectivity index (χ0) is 20.6. The van der Waals surface area contributed by atoms with Gasteiger partial charge in [0.15, 0.2) is 6.61 Å². The second-order valence-corrected chi connectivity index (χ2v) is 7.27. The fourth-order valence-corrected chi connectivity index (χ4v) is 3.40. The number of likely N-dealkylation sites (tertiary alicyclic amines) is 1. The van der Waals surface area contributed by atoms with Crippen LogP contribution in [0.25, 0.3) is 0 Å². The first kappa shape index (κ1) is 21.0. The number of hydrogen-bond acceptors (Lipinski definition) is 4. The van der Waals surface area contributed by atoms with E-state index in [1.807, 2.05) is 19.1 Å². The van der Waals surface area contributed by atoms with E-state index in [1.54, 1.807) is 41.3 Å². The highest BCUT2D eigenvalue weighted by Gasteiger charge is 2.24. The number of halogens is 1. The molecule has 1 aliphatic rings. The number of rotatable bonds is 7. The second kappa shape index (κ2) is 10.2. The van der Waals surface area contributed by atoms with E-state index >= 15 is 0 Å². The Hall–Kier alpha value is -2.73. The summed E-state index contributed by atoms with van der Waals surface area (Å²) < 4.78 is 11.0. The molecule has 0 unspecified atom stereocenters. The topological polar surface area (TPSA) is 67.9 Å². The van der Waals surface area contributed by atoms with Crippen LogP contribution in [0.15, 0.2) is 48.5 Å². The number of carbonyl (C=O) groups excluding carboxylic acids is 2. The minimum atomic E-state index is -0.142. The van der Waals surface area contributed by atoms with Crippen molar-refractivity contribution in [1.29, 1.82) is 0 Å². The van der Waals surface area contributed by atoms with Crippen LogP contribution in [-0.4, -0.2) is 49.1 Å². The van der Waals surface area contributed by atoms with Crippen molar-refractivity contribution in [2.24, 2.45) is 0 Å². The molecule has 3 rings (SSSR count). The molecule has 0 saturated carbocycles. The maximum Gasteiger partial charge on any atom is 0.260 e. The molecule has 6 nitrogen and oxygen atoms in total. The molecule has 1 N–H and O–H groups in total. The van der Waals surface area contributed by atoms with Gasteiger partial charge in [-0.15, -0.1) is 0 Å². The van der Waals surface area contributed by atoms with Crippen molar-refractivity contribution in [3.8, 4) is 11.5 Å². The van der Waals surface area contributed by atoms with Crippen LogP contribution >= 0.6 is 11.6 Å². The summed E-state index contributed by atoms with van der Waals surface area (Å²) in [6.07, 6.45) is 1.42. The normalized spacial score (nSPS) is 14.3. The number of nitrogens with one attached hydrogen (secondary N) is 1. The highest BCUT2D eigenvalue weighted by Crippen LogP contribution is 2.18. The van der Waals surface area contributed by atoms with E-state index in [1.165, 1.54) is 0 Å². The molecule has 154 valence electrons. The summed E-state index contributed by atoms with van der Waals surface area (Å²) in [5.41, 5.74) is 0.541. The summed E-state index contributed by atoms with van der Waals surface area (Å²) in [5.74, 6) is 1.20. The molecule has 2 aromatic carbocycles. The van der Waals surface area contributed by atoms with Gasteiger partial charge in [0.25, 0.3) is 11.8 Å². The van der Waals surface area contributed by atoms with Crippen LogP contribution in [0.3, 0.4) is 0 Å². The molecule has 1 saturated heterocycles. The number of amides is 2. The average Bonchev–Trinajstić information content (AvgIpc) is 2.74. The predicted molar refractivity (Wildman–Crippen MR) is 112 cm³/mol. The Kier molecular flexibility index (Phi) is 7.36. The van der Waals surface area contributed by atoms with Crippen LogP contribution in [0, 0.1) is 0 Å². The van der Waals surface area contributed by atoms with E-state index in [4.69, 9.17) is 21.1 Å². The fourth-order valence-electron chi connectivity index (χ4n) is 3.21. The molecular formula is C22H25ClN2O4. The molecule has 2 amide bonds. The number of nitrogens with zero attached hydrogens (tertiary/aromatic N) is 1. The Bertz CT molecular complexity index is 833. The van der Waals surface area contributed by atoms with Gasteiger partial charge in [0.05, 0.1) is 6.61 Å². The molecule has 0 bridgehead atoms. The van der Waals surface area contributed by atoms with Crippen LogP contribution in [-0.2, 0) is 4.79 Å². The van der Waals surface area contributed by atoms with Gasteiger partial charge < -0.3 is 19.7 Å². The number of piperidine rings is 1. The Morgan fingerprint density at radius 3 is 2.34 bits per heavy atom. The minimum absolute atomic E-state index is 0.00643. The lowest BCUT2D eigenvalue weighted by Crippen LogP contribution is -2.47. The highest BCUT2D eigenvalue weighted by atomic mass is 35.5. The Balaban J connectivity index is 1.41. The molecule has 0 spiro atoms. The van der Waals surface area contributed by atoms with Crippen molar-refractivity contribution >= 4 is 23.4 Å². The SMILES string of the molecule is CCOc1ccc(OCC(=O)N2CCC(NC(=O)c3cccc(Cl)c3)CC2)cc1. The Labute approximate surface area is 175 Å². The predicted octanol–water partition coefficient (Wildman–Crippen LogP) is 3.54. The number of hydrogen-bond donors (Lipinski definition) is 1. The monoisotopic (exact) mass is 416 g/mol. The smallest absolute Gasteiger partial charge is 0.260 e. The summed E-state index contributed by atoms with van der Waals surface area (Å²) in [5, 5.41) is 3.55. The van der Waals surface area contributed by atoms with Crippen LogP contribution in [0.4, 0.5) is 0 Å². The van der Waals surface area contributed by atoms with Crippen molar-refractivity contribution in [2.45, 2.75) is 25.8 Å². The van der Waals surface area contributed by atoms with Gasteiger partial charge in [-0.2, -0.15) is 0 Å². The quantitative estimate of drug-likeness (QED) is 0.749. The molecule has 1 heterocycles. The van der Waals surface area contributed by atoms with E-state index in [0.717, 1.165) is 5.75 Å². The zero-order valence-corrected chi connectivity index (χ0v) is 17.2. The van der Waals surface area contributed by atoms with Crippen LogP contribution < -0.4 is 14.8 Å². The first-order chi connectivity index (χ1) is 14.0. The number of benzene rings is 2. The zero-order valence-electron chi connectivity index (χ0n) is 16.4. The van der Waals surface area contributed by atoms with E-state index in [0.29, 0.717) is 48.9 Å². The summed E-state index contributed by atoms with van der Waals surface area (Å²) in [7, 11) is 0. The average molecular weight is 417 g/mol. The number of ether oxygens (including phenoxy) is 2. The van der Waals surface area contributed by atoms with Crippen molar-refractivity contribution < 1.29 is 19.1 Å². The lowest BCUT2D eigenvalue weighted by Gasteiger charge is -2.32. The molecule has 2 aromatic rings. The van der Waals surface area contributed by atoms with Crippen molar-refractivity contribution in [3.63, 3.8) is 0 Å². The highest BCUT2D eigenvalue weighted by molar-refractivity contribution is 6.30. The fraction of sp³-hybridized carbons (Fsp3) is 0.364. The van der Waals surface area contributed by atoms with Crippen LogP contribution in [0.5, 0.6) is 11.5 Å². The van der Waals surface area contributed by atoms with Gasteiger partial charge >= 0.3 is 0 Å². The molecule has 7 heteroatoms. The van der Waals surface area contributed by atoms with Crippen molar-refractivity contribution in [2.75, 3.05) is 26.3 Å². The Morgan fingerprint density at radius 1 is 1.07 bits per heavy atom. The lowest BCUT2D eigenvalue weighted by atomic mass is 10.0.